The standard InChI is InChI=1S/C31H25F9N6O4/c1-3-21-13-25(45(28-41-43-44(2)42-28)15-16-10-19(29(32,33)34)12-20(11-16)30(35,36)37)23-14-22(50-31(38,39)40)8-9-24(23)46(21)26(47)17-4-6-18(7-5-17)27(48)49/h4-12,14,21,25H,3,13,15H2,1-2H3,(H,48,49)/t21-,25+/m1/s1. The smallest absolute Gasteiger partial charge is 0.478 e. The van der Waals surface area contributed by atoms with Crippen molar-refractivity contribution in [2.24, 2.45) is 7.05 Å². The predicted octanol–water partition coefficient (Wildman–Crippen LogP) is 7.42. The number of nitrogens with zero attached hydrogens (tertiary/aromatic N) is 6. The lowest BCUT2D eigenvalue weighted by atomic mass is 9.87. The summed E-state index contributed by atoms with van der Waals surface area (Å²) in [5.41, 5.74) is -3.71. The maximum absolute atomic E-state index is 13.9. The van der Waals surface area contributed by atoms with Gasteiger partial charge in [-0.15, -0.1) is 18.3 Å². The van der Waals surface area contributed by atoms with E-state index in [0.717, 1.165) is 16.9 Å². The van der Waals surface area contributed by atoms with Crippen molar-refractivity contribution < 1.29 is 58.9 Å². The van der Waals surface area contributed by atoms with Crippen molar-refractivity contribution in [1.29, 1.82) is 0 Å². The fourth-order valence-corrected chi connectivity index (χ4v) is 5.73. The number of alkyl halides is 9. The molecule has 0 saturated heterocycles. The molecule has 2 heterocycles. The van der Waals surface area contributed by atoms with E-state index in [1.54, 1.807) is 6.92 Å². The van der Waals surface area contributed by atoms with Gasteiger partial charge in [-0.05, 0) is 84.3 Å². The first-order chi connectivity index (χ1) is 23.2. The van der Waals surface area contributed by atoms with Gasteiger partial charge in [0, 0.05) is 29.4 Å². The molecule has 0 spiro atoms. The summed E-state index contributed by atoms with van der Waals surface area (Å²) in [6.07, 6.45) is -15.4. The third-order valence-electron chi connectivity index (χ3n) is 7.91. The SMILES string of the molecule is CC[C@@H]1C[C@H](N(Cc2cc(C(F)(F)F)cc(C(F)(F)F)c2)c2nnn(C)n2)c2cc(OC(F)(F)F)ccc2N1C(=O)c1ccc(C(=O)O)cc1. The normalized spacial score (nSPS) is 16.6. The van der Waals surface area contributed by atoms with Gasteiger partial charge in [-0.2, -0.15) is 31.1 Å². The number of carboxylic acids is 1. The number of hydrogen-bond acceptors (Lipinski definition) is 7. The summed E-state index contributed by atoms with van der Waals surface area (Å²) in [6.45, 7) is 0.989. The van der Waals surface area contributed by atoms with Crippen LogP contribution in [0.15, 0.2) is 60.7 Å². The van der Waals surface area contributed by atoms with Crippen LogP contribution in [0, 0.1) is 0 Å². The number of carboxylic acid groups (broad SMARTS) is 1. The molecule has 10 nitrogen and oxygen atoms in total. The molecular formula is C31H25F9N6O4. The van der Waals surface area contributed by atoms with Gasteiger partial charge in [-0.1, -0.05) is 12.0 Å². The highest BCUT2D eigenvalue weighted by molar-refractivity contribution is 6.07. The maximum atomic E-state index is 13.9. The van der Waals surface area contributed by atoms with Crippen LogP contribution in [-0.4, -0.2) is 49.6 Å². The molecule has 0 bridgehead atoms. The molecule has 50 heavy (non-hydrogen) atoms. The van der Waals surface area contributed by atoms with E-state index in [-0.39, 0.29) is 47.2 Å². The Morgan fingerprint density at radius 2 is 1.50 bits per heavy atom. The summed E-state index contributed by atoms with van der Waals surface area (Å²) < 4.78 is 127. The van der Waals surface area contributed by atoms with Crippen molar-refractivity contribution in [3.8, 4) is 5.75 Å². The van der Waals surface area contributed by atoms with Gasteiger partial charge >= 0.3 is 24.7 Å². The van der Waals surface area contributed by atoms with Crippen LogP contribution in [0.25, 0.3) is 0 Å². The van der Waals surface area contributed by atoms with Crippen LogP contribution in [0.1, 0.15) is 68.8 Å². The van der Waals surface area contributed by atoms with Gasteiger partial charge in [-0.25, -0.2) is 4.79 Å². The molecule has 0 radical (unpaired) electrons. The lowest BCUT2D eigenvalue weighted by Crippen LogP contribution is -2.47. The number of tetrazole rings is 1. The number of amides is 1. The first kappa shape index (κ1) is 35.9. The molecule has 1 aromatic heterocycles. The number of fused-ring (bicyclic) bond motifs is 1. The molecule has 4 aromatic rings. The van der Waals surface area contributed by atoms with Crippen molar-refractivity contribution in [2.45, 2.75) is 57.1 Å². The molecule has 0 unspecified atom stereocenters. The van der Waals surface area contributed by atoms with E-state index >= 15 is 0 Å². The number of carbonyl (C=O) groups excluding carboxylic acids is 1. The zero-order valence-corrected chi connectivity index (χ0v) is 25.8. The summed E-state index contributed by atoms with van der Waals surface area (Å²) >= 11 is 0. The fraction of sp³-hybridized carbons (Fsp3) is 0.323. The van der Waals surface area contributed by atoms with Crippen molar-refractivity contribution in [3.63, 3.8) is 0 Å². The van der Waals surface area contributed by atoms with Gasteiger partial charge in [0.1, 0.15) is 5.75 Å². The molecule has 266 valence electrons. The van der Waals surface area contributed by atoms with Crippen molar-refractivity contribution >= 4 is 23.5 Å². The van der Waals surface area contributed by atoms with E-state index in [0.29, 0.717) is 12.1 Å². The fourth-order valence-electron chi connectivity index (χ4n) is 5.73. The van der Waals surface area contributed by atoms with Gasteiger partial charge in [-0.3, -0.25) is 4.79 Å². The van der Waals surface area contributed by atoms with E-state index in [4.69, 9.17) is 0 Å². The number of hydrogen-bond donors (Lipinski definition) is 1. The van der Waals surface area contributed by atoms with Gasteiger partial charge in [0.25, 0.3) is 11.9 Å². The number of benzene rings is 3. The van der Waals surface area contributed by atoms with Crippen LogP contribution < -0.4 is 14.5 Å². The minimum atomic E-state index is -5.16. The molecule has 2 atom stereocenters. The van der Waals surface area contributed by atoms with Gasteiger partial charge in [0.05, 0.1) is 29.8 Å². The number of anilines is 2. The second kappa shape index (κ2) is 13.2. The van der Waals surface area contributed by atoms with Crippen LogP contribution >= 0.6 is 0 Å². The molecule has 0 aliphatic carbocycles. The summed E-state index contributed by atoms with van der Waals surface area (Å²) in [4.78, 5) is 28.7. The van der Waals surface area contributed by atoms with E-state index in [1.165, 1.54) is 47.2 Å². The summed E-state index contributed by atoms with van der Waals surface area (Å²) in [5, 5.41) is 21.0. The third kappa shape index (κ3) is 7.76. The van der Waals surface area contributed by atoms with Crippen LogP contribution in [-0.2, 0) is 25.9 Å². The molecule has 1 amide bonds. The van der Waals surface area contributed by atoms with Crippen LogP contribution in [0.5, 0.6) is 5.75 Å². The van der Waals surface area contributed by atoms with Crippen molar-refractivity contribution in [1.82, 2.24) is 20.2 Å². The zero-order chi connectivity index (χ0) is 36.8. The highest BCUT2D eigenvalue weighted by atomic mass is 19.4. The Morgan fingerprint density at radius 1 is 0.900 bits per heavy atom. The number of halogens is 9. The Labute approximate surface area is 276 Å². The number of ether oxygens (including phenoxy) is 1. The van der Waals surface area contributed by atoms with Gasteiger partial charge in [0.2, 0.25) is 0 Å². The molecule has 0 saturated carbocycles. The van der Waals surface area contributed by atoms with Crippen LogP contribution in [0.2, 0.25) is 0 Å². The highest BCUT2D eigenvalue weighted by Gasteiger charge is 2.42. The van der Waals surface area contributed by atoms with Crippen molar-refractivity contribution in [2.75, 3.05) is 9.80 Å². The van der Waals surface area contributed by atoms with E-state index < -0.39 is 71.7 Å². The lowest BCUT2D eigenvalue weighted by Gasteiger charge is -2.44. The number of aromatic nitrogens is 4. The monoisotopic (exact) mass is 716 g/mol. The second-order valence-electron chi connectivity index (χ2n) is 11.3. The quantitative estimate of drug-likeness (QED) is 0.188. The number of rotatable bonds is 8. The molecule has 5 rings (SSSR count). The predicted molar refractivity (Wildman–Crippen MR) is 156 cm³/mol. The number of aromatic carboxylic acids is 1. The summed E-state index contributed by atoms with van der Waals surface area (Å²) in [7, 11) is 1.34. The first-order valence-electron chi connectivity index (χ1n) is 14.6. The van der Waals surface area contributed by atoms with Gasteiger partial charge in [0.15, 0.2) is 0 Å². The summed E-state index contributed by atoms with van der Waals surface area (Å²) in [5.74, 6) is -2.91. The Bertz CT molecular complexity index is 1860. The van der Waals surface area contributed by atoms with Crippen molar-refractivity contribution in [3.05, 3.63) is 94.0 Å². The van der Waals surface area contributed by atoms with E-state index in [2.05, 4.69) is 20.1 Å². The molecular weight excluding hydrogens is 691 g/mol. The highest BCUT2D eigenvalue weighted by Crippen LogP contribution is 2.46. The minimum absolute atomic E-state index is 0.0255. The first-order valence-corrected chi connectivity index (χ1v) is 14.6. The Hall–Kier alpha value is -5.36. The Balaban J connectivity index is 1.68. The molecule has 3 aromatic carbocycles. The van der Waals surface area contributed by atoms with Crippen LogP contribution in [0.3, 0.4) is 0 Å². The minimum Gasteiger partial charge on any atom is -0.478 e. The molecule has 1 N–H and O–H groups in total. The topological polar surface area (TPSA) is 114 Å². The Morgan fingerprint density at radius 3 is 2.00 bits per heavy atom. The number of aryl methyl sites for hydroxylation is 1. The maximum Gasteiger partial charge on any atom is 0.573 e. The summed E-state index contributed by atoms with van der Waals surface area (Å²) in [6, 6.07) is 7.06. The van der Waals surface area contributed by atoms with Gasteiger partial charge < -0.3 is 19.6 Å². The molecule has 0 fully saturated rings. The van der Waals surface area contributed by atoms with E-state index in [9.17, 15) is 54.2 Å². The number of carbonyl (C=O) groups is 2. The van der Waals surface area contributed by atoms with E-state index in [1.807, 2.05) is 0 Å². The molecule has 1 aliphatic heterocycles. The third-order valence-corrected chi connectivity index (χ3v) is 7.91. The molecule has 19 heteroatoms. The average Bonchev–Trinajstić information content (AvgIpc) is 3.46. The zero-order valence-electron chi connectivity index (χ0n) is 25.8. The van der Waals surface area contributed by atoms with Crippen LogP contribution in [0.4, 0.5) is 51.1 Å². The average molecular weight is 717 g/mol. The lowest BCUT2D eigenvalue weighted by molar-refractivity contribution is -0.274. The second-order valence-corrected chi connectivity index (χ2v) is 11.3. The molecule has 1 aliphatic rings. The largest absolute Gasteiger partial charge is 0.573 e. The Kier molecular flexibility index (Phi) is 9.46.